The van der Waals surface area contributed by atoms with E-state index in [2.05, 4.69) is 34.0 Å². The molecule has 3 rings (SSSR count). The maximum absolute atomic E-state index is 6.15. The smallest absolute Gasteiger partial charge is 0.193 e. The van der Waals surface area contributed by atoms with Crippen LogP contribution in [0.1, 0.15) is 58.8 Å². The Morgan fingerprint density at radius 3 is 2.52 bits per heavy atom. The molecule has 0 radical (unpaired) electrons. The molecular weight excluding hydrogens is 364 g/mol. The third kappa shape index (κ3) is 7.72. The normalized spacial score (nSPS) is 30.5. The average molecular weight is 409 g/mol. The average Bonchev–Trinajstić information content (AvgIpc) is 2.73. The van der Waals surface area contributed by atoms with E-state index in [1.54, 1.807) is 0 Å². The van der Waals surface area contributed by atoms with Crippen LogP contribution in [0.5, 0.6) is 0 Å². The molecule has 3 heterocycles. The van der Waals surface area contributed by atoms with Crippen LogP contribution >= 0.6 is 0 Å². The van der Waals surface area contributed by atoms with Gasteiger partial charge in [0.15, 0.2) is 5.96 Å². The molecule has 0 aromatic rings. The molecule has 6 heteroatoms. The standard InChI is InChI=1S/C23H44N4O2/c1-19-15-20(2)17-26(16-19)11-6-10-25-23(24-3)27-12-8-21(9-13-27)29-18-22-7-4-5-14-28-22/h19-22H,4-18H2,1-3H3,(H,24,25). The molecular formula is C23H44N4O2. The lowest BCUT2D eigenvalue weighted by Gasteiger charge is -2.36. The molecule has 6 nitrogen and oxygen atoms in total. The van der Waals surface area contributed by atoms with Crippen molar-refractivity contribution in [3.63, 3.8) is 0 Å². The maximum Gasteiger partial charge on any atom is 0.193 e. The number of nitrogens with one attached hydrogen (secondary N) is 1. The van der Waals surface area contributed by atoms with E-state index < -0.39 is 0 Å². The predicted octanol–water partition coefficient (Wildman–Crippen LogP) is 2.98. The fraction of sp³-hybridized carbons (Fsp3) is 0.957. The van der Waals surface area contributed by atoms with Gasteiger partial charge in [0.1, 0.15) is 0 Å². The Kier molecular flexibility index (Phi) is 9.53. The molecule has 0 bridgehead atoms. The van der Waals surface area contributed by atoms with E-state index >= 15 is 0 Å². The Hall–Kier alpha value is -0.850. The van der Waals surface area contributed by atoms with Gasteiger partial charge in [0.05, 0.1) is 18.8 Å². The summed E-state index contributed by atoms with van der Waals surface area (Å²) in [7, 11) is 1.90. The number of piperidine rings is 2. The Balaban J connectivity index is 1.28. The molecule has 3 unspecified atom stereocenters. The number of nitrogens with zero attached hydrogens (tertiary/aromatic N) is 3. The van der Waals surface area contributed by atoms with Crippen molar-refractivity contribution in [1.29, 1.82) is 0 Å². The molecule has 0 saturated carbocycles. The van der Waals surface area contributed by atoms with Crippen LogP contribution in [0.15, 0.2) is 4.99 Å². The Morgan fingerprint density at radius 2 is 1.86 bits per heavy atom. The number of hydrogen-bond acceptors (Lipinski definition) is 4. The first-order valence-electron chi connectivity index (χ1n) is 12.0. The van der Waals surface area contributed by atoms with E-state index in [9.17, 15) is 0 Å². The van der Waals surface area contributed by atoms with Crippen molar-refractivity contribution in [1.82, 2.24) is 15.1 Å². The zero-order valence-corrected chi connectivity index (χ0v) is 19.1. The molecule has 29 heavy (non-hydrogen) atoms. The highest BCUT2D eigenvalue weighted by Crippen LogP contribution is 2.21. The fourth-order valence-electron chi connectivity index (χ4n) is 5.23. The minimum absolute atomic E-state index is 0.321. The monoisotopic (exact) mass is 408 g/mol. The van der Waals surface area contributed by atoms with Gasteiger partial charge in [-0.05, 0) is 63.3 Å². The number of likely N-dealkylation sites (tertiary alicyclic amines) is 2. The van der Waals surface area contributed by atoms with Crippen molar-refractivity contribution >= 4 is 5.96 Å². The first-order chi connectivity index (χ1) is 14.1. The zero-order valence-electron chi connectivity index (χ0n) is 19.1. The van der Waals surface area contributed by atoms with Gasteiger partial charge >= 0.3 is 0 Å². The van der Waals surface area contributed by atoms with E-state index in [1.807, 2.05) is 7.05 Å². The number of hydrogen-bond donors (Lipinski definition) is 1. The number of rotatable bonds is 7. The van der Waals surface area contributed by atoms with E-state index in [1.165, 1.54) is 45.3 Å². The summed E-state index contributed by atoms with van der Waals surface area (Å²) < 4.78 is 11.9. The second-order valence-corrected chi connectivity index (χ2v) is 9.54. The van der Waals surface area contributed by atoms with Crippen LogP contribution < -0.4 is 5.32 Å². The second-order valence-electron chi connectivity index (χ2n) is 9.54. The van der Waals surface area contributed by atoms with Crippen LogP contribution in [-0.2, 0) is 9.47 Å². The van der Waals surface area contributed by atoms with Crippen molar-refractivity contribution in [2.45, 2.75) is 71.0 Å². The van der Waals surface area contributed by atoms with Gasteiger partial charge in [-0.25, -0.2) is 0 Å². The third-order valence-electron chi connectivity index (χ3n) is 6.62. The SMILES string of the molecule is CN=C(NCCCN1CC(C)CC(C)C1)N1CCC(OCC2CCCCO2)CC1. The highest BCUT2D eigenvalue weighted by Gasteiger charge is 2.24. The molecule has 0 aromatic heterocycles. The molecule has 0 amide bonds. The first kappa shape index (κ1) is 22.8. The van der Waals surface area contributed by atoms with E-state index in [-0.39, 0.29) is 0 Å². The van der Waals surface area contributed by atoms with Crippen molar-refractivity contribution in [2.75, 3.05) is 59.5 Å². The summed E-state index contributed by atoms with van der Waals surface area (Å²) in [6.45, 7) is 13.2. The number of guanidine groups is 1. The largest absolute Gasteiger partial charge is 0.376 e. The molecule has 3 atom stereocenters. The zero-order chi connectivity index (χ0) is 20.5. The Morgan fingerprint density at radius 1 is 1.10 bits per heavy atom. The van der Waals surface area contributed by atoms with Crippen molar-refractivity contribution < 1.29 is 9.47 Å². The van der Waals surface area contributed by atoms with Gasteiger partial charge in [0.2, 0.25) is 0 Å². The third-order valence-corrected chi connectivity index (χ3v) is 6.62. The summed E-state index contributed by atoms with van der Waals surface area (Å²) in [5.74, 6) is 2.74. The van der Waals surface area contributed by atoms with Crippen LogP contribution in [0.4, 0.5) is 0 Å². The van der Waals surface area contributed by atoms with Gasteiger partial charge in [0.25, 0.3) is 0 Å². The van der Waals surface area contributed by atoms with E-state index in [0.29, 0.717) is 12.2 Å². The highest BCUT2D eigenvalue weighted by atomic mass is 16.5. The van der Waals surface area contributed by atoms with Crippen LogP contribution in [0.2, 0.25) is 0 Å². The maximum atomic E-state index is 6.15. The minimum atomic E-state index is 0.321. The molecule has 3 aliphatic heterocycles. The summed E-state index contributed by atoms with van der Waals surface area (Å²) in [6, 6.07) is 0. The van der Waals surface area contributed by atoms with Crippen LogP contribution in [-0.4, -0.2) is 87.5 Å². The molecule has 3 aliphatic rings. The van der Waals surface area contributed by atoms with Crippen molar-refractivity contribution in [3.8, 4) is 0 Å². The van der Waals surface area contributed by atoms with Crippen molar-refractivity contribution in [3.05, 3.63) is 0 Å². The van der Waals surface area contributed by atoms with Gasteiger partial charge in [-0.15, -0.1) is 0 Å². The lowest BCUT2D eigenvalue weighted by Crippen LogP contribution is -2.48. The summed E-state index contributed by atoms with van der Waals surface area (Å²) >= 11 is 0. The molecule has 0 aromatic carbocycles. The van der Waals surface area contributed by atoms with Crippen LogP contribution in [0.25, 0.3) is 0 Å². The molecule has 168 valence electrons. The van der Waals surface area contributed by atoms with Crippen LogP contribution in [0, 0.1) is 11.8 Å². The van der Waals surface area contributed by atoms with Gasteiger partial charge in [-0.1, -0.05) is 13.8 Å². The summed E-state index contributed by atoms with van der Waals surface area (Å²) in [5.41, 5.74) is 0. The van der Waals surface area contributed by atoms with Gasteiger partial charge in [-0.3, -0.25) is 4.99 Å². The number of aliphatic imine (C=N–C) groups is 1. The first-order valence-corrected chi connectivity index (χ1v) is 12.0. The minimum Gasteiger partial charge on any atom is -0.376 e. The summed E-state index contributed by atoms with van der Waals surface area (Å²) in [4.78, 5) is 9.55. The van der Waals surface area contributed by atoms with Crippen LogP contribution in [0.3, 0.4) is 0 Å². The number of ether oxygens (including phenoxy) is 2. The summed E-state index contributed by atoms with van der Waals surface area (Å²) in [6.07, 6.45) is 9.06. The second kappa shape index (κ2) is 12.1. The highest BCUT2D eigenvalue weighted by molar-refractivity contribution is 5.79. The predicted molar refractivity (Wildman–Crippen MR) is 120 cm³/mol. The van der Waals surface area contributed by atoms with E-state index in [0.717, 1.165) is 69.9 Å². The van der Waals surface area contributed by atoms with Gasteiger partial charge < -0.3 is 24.6 Å². The topological polar surface area (TPSA) is 49.3 Å². The molecule has 0 spiro atoms. The van der Waals surface area contributed by atoms with Gasteiger partial charge in [-0.2, -0.15) is 0 Å². The lowest BCUT2D eigenvalue weighted by molar-refractivity contribution is -0.0721. The molecule has 3 fully saturated rings. The molecule has 0 aliphatic carbocycles. The summed E-state index contributed by atoms with van der Waals surface area (Å²) in [5, 5.41) is 3.59. The van der Waals surface area contributed by atoms with Crippen molar-refractivity contribution in [2.24, 2.45) is 16.8 Å². The fourth-order valence-corrected chi connectivity index (χ4v) is 5.23. The Labute approximate surface area is 178 Å². The van der Waals surface area contributed by atoms with E-state index in [4.69, 9.17) is 9.47 Å². The quantitative estimate of drug-likeness (QED) is 0.399. The Bertz CT molecular complexity index is 477. The van der Waals surface area contributed by atoms with Gasteiger partial charge in [0, 0.05) is 46.4 Å². The molecule has 3 saturated heterocycles. The lowest BCUT2D eigenvalue weighted by atomic mass is 9.92. The molecule has 1 N–H and O–H groups in total.